The summed E-state index contributed by atoms with van der Waals surface area (Å²) in [4.78, 5) is 12.0. The molecule has 3 nitrogen and oxygen atoms in total. The minimum atomic E-state index is -0.0202. The van der Waals surface area contributed by atoms with Crippen LogP contribution in [0.2, 0.25) is 0 Å². The Morgan fingerprint density at radius 2 is 2.00 bits per heavy atom. The molecule has 1 N–H and O–H groups in total. The minimum Gasteiger partial charge on any atom is -0.325 e. The lowest BCUT2D eigenvalue weighted by molar-refractivity contribution is -0.113. The van der Waals surface area contributed by atoms with E-state index in [-0.39, 0.29) is 5.91 Å². The van der Waals surface area contributed by atoms with Crippen molar-refractivity contribution < 1.29 is 4.79 Å². The first-order chi connectivity index (χ1) is 10.6. The van der Waals surface area contributed by atoms with Gasteiger partial charge in [-0.2, -0.15) is 5.26 Å². The fourth-order valence-electron chi connectivity index (χ4n) is 2.07. The van der Waals surface area contributed by atoms with Crippen LogP contribution in [0.4, 0.5) is 5.69 Å². The monoisotopic (exact) mass is 310 g/mol. The second-order valence-corrected chi connectivity index (χ2v) is 6.11. The number of carbonyl (C=O) groups is 1. The maximum atomic E-state index is 12.0. The van der Waals surface area contributed by atoms with Crippen LogP contribution in [-0.4, -0.2) is 11.7 Å². The van der Waals surface area contributed by atoms with Crippen molar-refractivity contribution in [2.45, 2.75) is 19.6 Å². The summed E-state index contributed by atoms with van der Waals surface area (Å²) in [6, 6.07) is 15.7. The van der Waals surface area contributed by atoms with Gasteiger partial charge in [-0.3, -0.25) is 4.79 Å². The van der Waals surface area contributed by atoms with E-state index in [4.69, 9.17) is 5.26 Å². The molecule has 4 heteroatoms. The average Bonchev–Trinajstić information content (AvgIpc) is 2.51. The van der Waals surface area contributed by atoms with Crippen LogP contribution in [0.3, 0.4) is 0 Å². The molecule has 1 amide bonds. The summed E-state index contributed by atoms with van der Waals surface area (Å²) >= 11 is 1.51. The smallest absolute Gasteiger partial charge is 0.234 e. The zero-order chi connectivity index (χ0) is 15.9. The molecule has 0 atom stereocenters. The highest BCUT2D eigenvalue weighted by molar-refractivity contribution is 7.99. The van der Waals surface area contributed by atoms with Gasteiger partial charge in [0.15, 0.2) is 0 Å². The number of nitrogens with zero attached hydrogens (tertiary/aromatic N) is 1. The van der Waals surface area contributed by atoms with Crippen molar-refractivity contribution in [1.29, 1.82) is 5.26 Å². The lowest BCUT2D eigenvalue weighted by Crippen LogP contribution is -2.15. The molecule has 0 fully saturated rings. The zero-order valence-corrected chi connectivity index (χ0v) is 13.5. The number of hydrogen-bond acceptors (Lipinski definition) is 3. The zero-order valence-electron chi connectivity index (χ0n) is 12.7. The second kappa shape index (κ2) is 7.67. The van der Waals surface area contributed by atoms with Crippen LogP contribution in [0.25, 0.3) is 0 Å². The summed E-state index contributed by atoms with van der Waals surface area (Å²) in [7, 11) is 0. The number of rotatable bonds is 5. The molecule has 0 saturated heterocycles. The summed E-state index contributed by atoms with van der Waals surface area (Å²) in [5, 5.41) is 12.0. The molecule has 0 aliphatic carbocycles. The molecular weight excluding hydrogens is 292 g/mol. The van der Waals surface area contributed by atoms with Crippen molar-refractivity contribution >= 4 is 23.4 Å². The van der Waals surface area contributed by atoms with Gasteiger partial charge in [0.1, 0.15) is 0 Å². The summed E-state index contributed by atoms with van der Waals surface area (Å²) in [6.07, 6.45) is 0. The van der Waals surface area contributed by atoms with Gasteiger partial charge in [0.2, 0.25) is 5.91 Å². The summed E-state index contributed by atoms with van der Waals surface area (Å²) in [5.74, 6) is 1.00. The van der Waals surface area contributed by atoms with E-state index in [2.05, 4.69) is 11.4 Å². The van der Waals surface area contributed by atoms with Gasteiger partial charge < -0.3 is 5.32 Å². The number of thioether (sulfide) groups is 1. The van der Waals surface area contributed by atoms with E-state index in [9.17, 15) is 4.79 Å². The van der Waals surface area contributed by atoms with Crippen LogP contribution in [0.5, 0.6) is 0 Å². The fraction of sp³-hybridized carbons (Fsp3) is 0.222. The quantitative estimate of drug-likeness (QED) is 0.906. The standard InChI is InChI=1S/C18H18N2OS/c1-13-7-8-14(2)17(9-13)20-18(21)12-22-11-16-6-4-3-5-15(16)10-19/h3-9H,11-12H2,1-2H3,(H,20,21). The number of carbonyl (C=O) groups excluding carboxylic acids is 1. The fourth-order valence-corrected chi connectivity index (χ4v) is 2.90. The van der Waals surface area contributed by atoms with Gasteiger partial charge in [0, 0.05) is 11.4 Å². The maximum absolute atomic E-state index is 12.0. The molecule has 0 saturated carbocycles. The number of hydrogen-bond donors (Lipinski definition) is 1. The molecule has 0 aliphatic rings. The molecular formula is C18H18N2OS. The van der Waals surface area contributed by atoms with Crippen molar-refractivity contribution in [1.82, 2.24) is 0 Å². The first kappa shape index (κ1) is 16.1. The third-order valence-corrected chi connectivity index (χ3v) is 4.28. The highest BCUT2D eigenvalue weighted by atomic mass is 32.2. The SMILES string of the molecule is Cc1ccc(C)c(NC(=O)CSCc2ccccc2C#N)c1. The van der Waals surface area contributed by atoms with Crippen molar-refractivity contribution in [2.24, 2.45) is 0 Å². The predicted molar refractivity (Wildman–Crippen MR) is 91.9 cm³/mol. The summed E-state index contributed by atoms with van der Waals surface area (Å²) < 4.78 is 0. The van der Waals surface area contributed by atoms with E-state index in [0.717, 1.165) is 22.4 Å². The Morgan fingerprint density at radius 1 is 1.23 bits per heavy atom. The Hall–Kier alpha value is -2.25. The van der Waals surface area contributed by atoms with Crippen molar-refractivity contribution in [2.75, 3.05) is 11.1 Å². The molecule has 2 aromatic rings. The second-order valence-electron chi connectivity index (χ2n) is 5.13. The molecule has 0 radical (unpaired) electrons. The number of benzene rings is 2. The number of nitrogens with one attached hydrogen (secondary N) is 1. The molecule has 2 rings (SSSR count). The van der Waals surface area contributed by atoms with Crippen LogP contribution in [0, 0.1) is 25.2 Å². The van der Waals surface area contributed by atoms with Gasteiger partial charge in [0.25, 0.3) is 0 Å². The van der Waals surface area contributed by atoms with E-state index in [1.807, 2.05) is 50.2 Å². The topological polar surface area (TPSA) is 52.9 Å². The Balaban J connectivity index is 1.88. The molecule has 0 unspecified atom stereocenters. The van der Waals surface area contributed by atoms with Crippen LogP contribution in [0.15, 0.2) is 42.5 Å². The highest BCUT2D eigenvalue weighted by Gasteiger charge is 2.07. The molecule has 0 aromatic heterocycles. The summed E-state index contributed by atoms with van der Waals surface area (Å²) in [6.45, 7) is 3.98. The van der Waals surface area contributed by atoms with Gasteiger partial charge in [-0.15, -0.1) is 11.8 Å². The number of amides is 1. The van der Waals surface area contributed by atoms with E-state index in [1.54, 1.807) is 6.07 Å². The number of nitriles is 1. The van der Waals surface area contributed by atoms with Crippen LogP contribution >= 0.6 is 11.8 Å². The molecule has 112 valence electrons. The van der Waals surface area contributed by atoms with Gasteiger partial charge in [-0.25, -0.2) is 0 Å². The van der Waals surface area contributed by atoms with Crippen molar-refractivity contribution in [3.05, 3.63) is 64.7 Å². The average molecular weight is 310 g/mol. The Labute approximate surface area is 135 Å². The van der Waals surface area contributed by atoms with Gasteiger partial charge in [-0.05, 0) is 42.7 Å². The highest BCUT2D eigenvalue weighted by Crippen LogP contribution is 2.19. The minimum absolute atomic E-state index is 0.0202. The number of aryl methyl sites for hydroxylation is 2. The lowest BCUT2D eigenvalue weighted by atomic mass is 10.1. The van der Waals surface area contributed by atoms with Crippen LogP contribution in [-0.2, 0) is 10.5 Å². The molecule has 0 spiro atoms. The Morgan fingerprint density at radius 3 is 2.77 bits per heavy atom. The van der Waals surface area contributed by atoms with E-state index in [0.29, 0.717) is 17.1 Å². The van der Waals surface area contributed by atoms with Crippen molar-refractivity contribution in [3.8, 4) is 6.07 Å². The first-order valence-corrected chi connectivity index (χ1v) is 8.18. The normalized spacial score (nSPS) is 10.0. The first-order valence-electron chi connectivity index (χ1n) is 7.03. The predicted octanol–water partition coefficient (Wildman–Crippen LogP) is 4.05. The van der Waals surface area contributed by atoms with Crippen molar-refractivity contribution in [3.63, 3.8) is 0 Å². The Bertz CT molecular complexity index is 719. The molecule has 0 heterocycles. The van der Waals surface area contributed by atoms with Crippen LogP contribution < -0.4 is 5.32 Å². The third kappa shape index (κ3) is 4.37. The molecule has 0 bridgehead atoms. The molecule has 2 aromatic carbocycles. The van der Waals surface area contributed by atoms with Crippen LogP contribution in [0.1, 0.15) is 22.3 Å². The molecule has 22 heavy (non-hydrogen) atoms. The van der Waals surface area contributed by atoms with E-state index in [1.165, 1.54) is 11.8 Å². The third-order valence-electron chi connectivity index (χ3n) is 3.30. The molecule has 0 aliphatic heterocycles. The summed E-state index contributed by atoms with van der Waals surface area (Å²) in [5.41, 5.74) is 4.68. The van der Waals surface area contributed by atoms with Gasteiger partial charge in [-0.1, -0.05) is 30.3 Å². The lowest BCUT2D eigenvalue weighted by Gasteiger charge is -2.09. The largest absolute Gasteiger partial charge is 0.325 e. The van der Waals surface area contributed by atoms with Gasteiger partial charge in [0.05, 0.1) is 17.4 Å². The van der Waals surface area contributed by atoms with Gasteiger partial charge >= 0.3 is 0 Å². The van der Waals surface area contributed by atoms with E-state index < -0.39 is 0 Å². The maximum Gasteiger partial charge on any atom is 0.234 e. The van der Waals surface area contributed by atoms with E-state index >= 15 is 0 Å². The Kier molecular flexibility index (Phi) is 5.62. The number of anilines is 1.